The van der Waals surface area contributed by atoms with Gasteiger partial charge >= 0.3 is 0 Å². The van der Waals surface area contributed by atoms with E-state index < -0.39 is 0 Å². The van der Waals surface area contributed by atoms with Crippen molar-refractivity contribution in [3.05, 3.63) is 155 Å². The molecule has 2 heterocycles. The lowest BCUT2D eigenvalue weighted by atomic mass is 9.73. The highest BCUT2D eigenvalue weighted by Gasteiger charge is 2.36. The van der Waals surface area contributed by atoms with Gasteiger partial charge < -0.3 is 4.90 Å². The van der Waals surface area contributed by atoms with E-state index >= 15 is 0 Å². The highest BCUT2D eigenvalue weighted by molar-refractivity contribution is 7.99. The molecule has 1 aliphatic carbocycles. The van der Waals surface area contributed by atoms with Crippen molar-refractivity contribution >= 4 is 62.5 Å². The molecule has 2 aliphatic rings. The van der Waals surface area contributed by atoms with Crippen molar-refractivity contribution in [1.82, 2.24) is 4.98 Å². The minimum atomic E-state index is -0.123. The van der Waals surface area contributed by atoms with Crippen molar-refractivity contribution in [2.45, 2.75) is 41.9 Å². The van der Waals surface area contributed by atoms with Crippen molar-refractivity contribution in [2.75, 3.05) is 4.90 Å². The highest BCUT2D eigenvalue weighted by atomic mass is 32.2. The summed E-state index contributed by atoms with van der Waals surface area (Å²) in [5.41, 5.74) is 8.76. The molecular formula is C44H34N2S. The monoisotopic (exact) mass is 622 g/mol. The molecule has 3 heteroatoms. The Kier molecular flexibility index (Phi) is 6.58. The molecular weight excluding hydrogens is 589 g/mol. The summed E-state index contributed by atoms with van der Waals surface area (Å²) in [6, 6.07) is 44.4. The van der Waals surface area contributed by atoms with Crippen molar-refractivity contribution in [3.8, 4) is 11.1 Å². The van der Waals surface area contributed by atoms with E-state index in [9.17, 15) is 0 Å². The summed E-state index contributed by atoms with van der Waals surface area (Å²) >= 11 is 1.88. The standard InChI is InChI=1S/C44H34N2S/c1-44(2)38-18-10-11-19-40(38)46(32-14-4-3-5-15-32)41-27-33(22-23-39(41)44)47-43-35-17-9-8-16-34(35)42(37-28-45-25-24-36(37)43)31-21-20-29-12-6-7-13-30(29)26-31/h3-7,10-28H,8-9H2,1-2H3. The Morgan fingerprint density at radius 1 is 0.638 bits per heavy atom. The van der Waals surface area contributed by atoms with E-state index in [-0.39, 0.29) is 5.41 Å². The summed E-state index contributed by atoms with van der Waals surface area (Å²) in [6.45, 7) is 4.71. The molecule has 6 aromatic carbocycles. The van der Waals surface area contributed by atoms with Crippen LogP contribution in [0, 0.1) is 0 Å². The number of rotatable bonds is 4. The molecule has 0 saturated heterocycles. The summed E-state index contributed by atoms with van der Waals surface area (Å²) in [5, 5.41) is 7.64. The largest absolute Gasteiger partial charge is 0.310 e. The van der Waals surface area contributed by atoms with Crippen molar-refractivity contribution in [3.63, 3.8) is 0 Å². The predicted molar refractivity (Wildman–Crippen MR) is 199 cm³/mol. The van der Waals surface area contributed by atoms with Gasteiger partial charge in [0.05, 0.1) is 11.4 Å². The summed E-state index contributed by atoms with van der Waals surface area (Å²) in [5.74, 6) is 0. The zero-order valence-electron chi connectivity index (χ0n) is 26.6. The minimum absolute atomic E-state index is 0.123. The number of anilines is 3. The molecule has 7 aromatic rings. The van der Waals surface area contributed by atoms with Gasteiger partial charge in [0.1, 0.15) is 0 Å². The van der Waals surface area contributed by atoms with Crippen LogP contribution in [-0.4, -0.2) is 4.98 Å². The summed E-state index contributed by atoms with van der Waals surface area (Å²) in [6.07, 6.45) is 11.0. The van der Waals surface area contributed by atoms with Crippen LogP contribution >= 0.6 is 11.8 Å². The molecule has 9 rings (SSSR count). The van der Waals surface area contributed by atoms with E-state index in [2.05, 4.69) is 163 Å². The minimum Gasteiger partial charge on any atom is -0.310 e. The number of benzene rings is 6. The van der Waals surface area contributed by atoms with E-state index in [1.165, 1.54) is 81.1 Å². The third-order valence-electron chi connectivity index (χ3n) is 9.98. The van der Waals surface area contributed by atoms with Gasteiger partial charge in [0.2, 0.25) is 0 Å². The maximum atomic E-state index is 4.66. The van der Waals surface area contributed by atoms with Gasteiger partial charge in [0.25, 0.3) is 0 Å². The zero-order chi connectivity index (χ0) is 31.5. The molecule has 0 radical (unpaired) electrons. The molecule has 0 N–H and O–H groups in total. The Balaban J connectivity index is 1.24. The fraction of sp³-hybridized carbons (Fsp3) is 0.114. The van der Waals surface area contributed by atoms with Gasteiger partial charge in [0, 0.05) is 38.7 Å². The fourth-order valence-electron chi connectivity index (χ4n) is 7.71. The average Bonchev–Trinajstić information content (AvgIpc) is 3.12. The number of aromatic nitrogens is 1. The Labute approximate surface area is 279 Å². The Bertz CT molecular complexity index is 2480. The third kappa shape index (κ3) is 4.52. The first-order valence-corrected chi connectivity index (χ1v) is 17.3. The van der Waals surface area contributed by atoms with Gasteiger partial charge in [-0.3, -0.25) is 4.98 Å². The van der Waals surface area contributed by atoms with Crippen LogP contribution in [0.15, 0.2) is 144 Å². The highest BCUT2D eigenvalue weighted by Crippen LogP contribution is 2.52. The first kappa shape index (κ1) is 28.1. The first-order chi connectivity index (χ1) is 23.1. The van der Waals surface area contributed by atoms with Crippen LogP contribution in [-0.2, 0) is 5.41 Å². The first-order valence-electron chi connectivity index (χ1n) is 16.4. The predicted octanol–water partition coefficient (Wildman–Crippen LogP) is 10.7. The summed E-state index contributed by atoms with van der Waals surface area (Å²) < 4.78 is 0. The van der Waals surface area contributed by atoms with Gasteiger partial charge in [0.15, 0.2) is 0 Å². The van der Waals surface area contributed by atoms with Crippen LogP contribution in [0.5, 0.6) is 0 Å². The number of hydrogen-bond donors (Lipinski definition) is 0. The number of fused-ring (bicyclic) bond motifs is 5. The van der Waals surface area contributed by atoms with Crippen LogP contribution in [0.25, 0.3) is 44.8 Å². The zero-order valence-corrected chi connectivity index (χ0v) is 27.4. The van der Waals surface area contributed by atoms with E-state index in [1.807, 2.05) is 18.0 Å². The molecule has 47 heavy (non-hydrogen) atoms. The number of hydrogen-bond acceptors (Lipinski definition) is 3. The molecule has 0 spiro atoms. The van der Waals surface area contributed by atoms with Crippen molar-refractivity contribution < 1.29 is 0 Å². The molecule has 0 atom stereocenters. The lowest BCUT2D eigenvalue weighted by molar-refractivity contribution is 0.631. The fourth-order valence-corrected chi connectivity index (χ4v) is 8.84. The number of nitrogens with zero attached hydrogens (tertiary/aromatic N) is 2. The molecule has 0 amide bonds. The molecule has 2 nitrogen and oxygen atoms in total. The molecule has 1 aromatic heterocycles. The average molecular weight is 623 g/mol. The Hall–Kier alpha value is -5.12. The molecule has 0 bridgehead atoms. The Morgan fingerprint density at radius 3 is 2.26 bits per heavy atom. The smallest absolute Gasteiger partial charge is 0.0513 e. The maximum Gasteiger partial charge on any atom is 0.0513 e. The lowest BCUT2D eigenvalue weighted by Crippen LogP contribution is -2.31. The summed E-state index contributed by atoms with van der Waals surface area (Å²) in [4.78, 5) is 9.64. The molecule has 1 aliphatic heterocycles. The summed E-state index contributed by atoms with van der Waals surface area (Å²) in [7, 11) is 0. The van der Waals surface area contributed by atoms with Crippen LogP contribution in [0.4, 0.5) is 17.1 Å². The van der Waals surface area contributed by atoms with Gasteiger partial charge in [-0.15, -0.1) is 0 Å². The van der Waals surface area contributed by atoms with Crippen molar-refractivity contribution in [1.29, 1.82) is 0 Å². The second-order valence-corrected chi connectivity index (χ2v) is 14.2. The van der Waals surface area contributed by atoms with Crippen LogP contribution in [0.2, 0.25) is 0 Å². The van der Waals surface area contributed by atoms with E-state index in [0.29, 0.717) is 0 Å². The van der Waals surface area contributed by atoms with Gasteiger partial charge in [-0.05, 0) is 104 Å². The quantitative estimate of drug-likeness (QED) is 0.194. The third-order valence-corrected chi connectivity index (χ3v) is 11.1. The SMILES string of the molecule is CC1(C)c2ccccc2N(c2ccccc2)c2cc(Sc3c4c(c(-c5ccc6ccccc6c5)c5cnccc35)=CCCC=4)ccc21. The number of pyridine rings is 1. The maximum absolute atomic E-state index is 4.66. The van der Waals surface area contributed by atoms with Crippen LogP contribution in [0.3, 0.4) is 0 Å². The molecule has 226 valence electrons. The molecule has 0 fully saturated rings. The van der Waals surface area contributed by atoms with Gasteiger partial charge in [-0.1, -0.05) is 117 Å². The van der Waals surface area contributed by atoms with Gasteiger partial charge in [-0.2, -0.15) is 0 Å². The topological polar surface area (TPSA) is 16.1 Å². The van der Waals surface area contributed by atoms with Crippen LogP contribution in [0.1, 0.15) is 37.8 Å². The second-order valence-electron chi connectivity index (χ2n) is 13.1. The van der Waals surface area contributed by atoms with E-state index in [0.717, 1.165) is 12.8 Å². The van der Waals surface area contributed by atoms with E-state index in [4.69, 9.17) is 0 Å². The second kappa shape index (κ2) is 11.0. The van der Waals surface area contributed by atoms with E-state index in [1.54, 1.807) is 0 Å². The normalized spacial score (nSPS) is 14.6. The molecule has 0 unspecified atom stereocenters. The van der Waals surface area contributed by atoms with Crippen LogP contribution < -0.4 is 15.3 Å². The number of para-hydroxylation sites is 2. The van der Waals surface area contributed by atoms with Gasteiger partial charge in [-0.25, -0.2) is 0 Å². The Morgan fingerprint density at radius 2 is 1.38 bits per heavy atom. The molecule has 0 saturated carbocycles. The van der Waals surface area contributed by atoms with Crippen molar-refractivity contribution in [2.24, 2.45) is 0 Å². The lowest BCUT2D eigenvalue weighted by Gasteiger charge is -2.42.